The number of nitrogens with zero attached hydrogens (tertiary/aromatic N) is 1. The van der Waals surface area contributed by atoms with Crippen molar-refractivity contribution < 1.29 is 24.5 Å². The number of methoxy groups -OCH3 is 1. The molecule has 0 radical (unpaired) electrons. The van der Waals surface area contributed by atoms with Crippen LogP contribution in [0.25, 0.3) is 0 Å². The molecule has 84 valence electrons. The van der Waals surface area contributed by atoms with Gasteiger partial charge in [-0.2, -0.15) is 0 Å². The molecular formula is C10H9NO5. The molecule has 0 bridgehead atoms. The zero-order valence-electron chi connectivity index (χ0n) is 8.43. The van der Waals surface area contributed by atoms with E-state index in [0.29, 0.717) is 0 Å². The van der Waals surface area contributed by atoms with Crippen molar-refractivity contribution in [3.8, 4) is 11.5 Å². The fourth-order valence-corrected chi connectivity index (χ4v) is 1.14. The molecule has 0 unspecified atom stereocenters. The predicted molar refractivity (Wildman–Crippen MR) is 52.9 cm³/mol. The summed E-state index contributed by atoms with van der Waals surface area (Å²) in [6, 6.07) is 2.19. The van der Waals surface area contributed by atoms with Crippen LogP contribution >= 0.6 is 0 Å². The van der Waals surface area contributed by atoms with Gasteiger partial charge in [-0.15, -0.1) is 0 Å². The van der Waals surface area contributed by atoms with Crippen LogP contribution in [0, 0.1) is 0 Å². The van der Waals surface area contributed by atoms with Crippen LogP contribution in [0.3, 0.4) is 0 Å². The standard InChI is InChI=1S/C10H9NO5/c1-16-10(15)7-2-6(4-11-5-12)8(13)3-9(7)14/h2-3,13-14H,4H2,1H3. The molecule has 0 aromatic heterocycles. The molecule has 0 amide bonds. The van der Waals surface area contributed by atoms with Crippen LogP contribution in [0.2, 0.25) is 0 Å². The molecule has 0 fully saturated rings. The Morgan fingerprint density at radius 1 is 1.44 bits per heavy atom. The number of aromatic hydroxyl groups is 2. The Kier molecular flexibility index (Phi) is 3.63. The normalized spacial score (nSPS) is 9.31. The van der Waals surface area contributed by atoms with E-state index in [-0.39, 0.29) is 23.4 Å². The van der Waals surface area contributed by atoms with Gasteiger partial charge in [0.1, 0.15) is 17.1 Å². The minimum Gasteiger partial charge on any atom is -0.507 e. The van der Waals surface area contributed by atoms with Gasteiger partial charge in [-0.3, -0.25) is 0 Å². The monoisotopic (exact) mass is 223 g/mol. The number of hydrogen-bond donors (Lipinski definition) is 2. The van der Waals surface area contributed by atoms with Crippen molar-refractivity contribution in [1.82, 2.24) is 0 Å². The molecule has 6 heteroatoms. The number of phenolic OH excluding ortho intramolecular Hbond substituents is 2. The fraction of sp³-hybridized carbons (Fsp3) is 0.200. The lowest BCUT2D eigenvalue weighted by Gasteiger charge is -2.06. The Balaban J connectivity index is 3.20. The first-order valence-corrected chi connectivity index (χ1v) is 4.27. The zero-order valence-corrected chi connectivity index (χ0v) is 8.43. The van der Waals surface area contributed by atoms with Crippen molar-refractivity contribution in [2.24, 2.45) is 4.99 Å². The molecule has 1 aromatic carbocycles. The van der Waals surface area contributed by atoms with Gasteiger partial charge in [0.2, 0.25) is 6.08 Å². The number of carbonyl (C=O) groups is 1. The lowest BCUT2D eigenvalue weighted by atomic mass is 10.1. The Morgan fingerprint density at radius 3 is 2.69 bits per heavy atom. The molecule has 16 heavy (non-hydrogen) atoms. The summed E-state index contributed by atoms with van der Waals surface area (Å²) >= 11 is 0. The van der Waals surface area contributed by atoms with Crippen molar-refractivity contribution in [3.05, 3.63) is 23.3 Å². The number of esters is 1. The van der Waals surface area contributed by atoms with Gasteiger partial charge in [0, 0.05) is 11.6 Å². The highest BCUT2D eigenvalue weighted by atomic mass is 16.5. The van der Waals surface area contributed by atoms with E-state index in [1.54, 1.807) is 0 Å². The summed E-state index contributed by atoms with van der Waals surface area (Å²) in [5, 5.41) is 18.8. The van der Waals surface area contributed by atoms with Gasteiger partial charge in [0.25, 0.3) is 0 Å². The Morgan fingerprint density at radius 2 is 2.12 bits per heavy atom. The maximum Gasteiger partial charge on any atom is 0.341 e. The van der Waals surface area contributed by atoms with Gasteiger partial charge in [0.15, 0.2) is 0 Å². The van der Waals surface area contributed by atoms with Gasteiger partial charge in [0.05, 0.1) is 13.7 Å². The fourth-order valence-electron chi connectivity index (χ4n) is 1.14. The maximum atomic E-state index is 11.2. The summed E-state index contributed by atoms with van der Waals surface area (Å²) in [5.41, 5.74) is 0.123. The molecular weight excluding hydrogens is 214 g/mol. The van der Waals surface area contributed by atoms with E-state index in [9.17, 15) is 19.8 Å². The van der Waals surface area contributed by atoms with E-state index in [0.717, 1.165) is 13.2 Å². The van der Waals surface area contributed by atoms with Crippen LogP contribution in [-0.2, 0) is 16.1 Å². The van der Waals surface area contributed by atoms with Crippen molar-refractivity contribution in [3.63, 3.8) is 0 Å². The number of phenols is 2. The van der Waals surface area contributed by atoms with Crippen LogP contribution in [0.1, 0.15) is 15.9 Å². The molecule has 0 aliphatic heterocycles. The molecule has 0 atom stereocenters. The Bertz CT molecular complexity index is 463. The topological polar surface area (TPSA) is 96.2 Å². The second-order valence-electron chi connectivity index (χ2n) is 2.90. The largest absolute Gasteiger partial charge is 0.507 e. The number of hydrogen-bond acceptors (Lipinski definition) is 6. The molecule has 0 aliphatic carbocycles. The van der Waals surface area contributed by atoms with Gasteiger partial charge in [-0.1, -0.05) is 0 Å². The number of aliphatic imine (C=N–C) groups is 1. The number of rotatable bonds is 3. The summed E-state index contributed by atoms with van der Waals surface area (Å²) in [6.07, 6.45) is 1.31. The number of benzene rings is 1. The molecule has 0 aliphatic rings. The first-order chi connectivity index (χ1) is 7.60. The summed E-state index contributed by atoms with van der Waals surface area (Å²) in [6.45, 7) is -0.125. The van der Waals surface area contributed by atoms with Crippen LogP contribution in [0.15, 0.2) is 17.1 Å². The second-order valence-corrected chi connectivity index (χ2v) is 2.90. The van der Waals surface area contributed by atoms with Crippen molar-refractivity contribution >= 4 is 12.0 Å². The van der Waals surface area contributed by atoms with Crippen LogP contribution in [-0.4, -0.2) is 29.4 Å². The smallest absolute Gasteiger partial charge is 0.341 e. The van der Waals surface area contributed by atoms with Crippen LogP contribution < -0.4 is 0 Å². The Hall–Kier alpha value is -2.33. The van der Waals surface area contributed by atoms with Crippen LogP contribution in [0.4, 0.5) is 0 Å². The van der Waals surface area contributed by atoms with Crippen molar-refractivity contribution in [1.29, 1.82) is 0 Å². The van der Waals surface area contributed by atoms with E-state index in [1.165, 1.54) is 12.1 Å². The minimum absolute atomic E-state index is 0.101. The van der Waals surface area contributed by atoms with Gasteiger partial charge >= 0.3 is 5.97 Å². The van der Waals surface area contributed by atoms with E-state index in [2.05, 4.69) is 9.73 Å². The second kappa shape index (κ2) is 4.95. The molecule has 0 spiro atoms. The highest BCUT2D eigenvalue weighted by molar-refractivity contribution is 5.92. The summed E-state index contributed by atoms with van der Waals surface area (Å²) < 4.78 is 4.43. The number of isocyanates is 1. The highest BCUT2D eigenvalue weighted by Gasteiger charge is 2.15. The molecule has 0 saturated heterocycles. The van der Waals surface area contributed by atoms with Gasteiger partial charge < -0.3 is 14.9 Å². The van der Waals surface area contributed by atoms with E-state index < -0.39 is 11.7 Å². The lowest BCUT2D eigenvalue weighted by molar-refractivity contribution is 0.0597. The SMILES string of the molecule is COC(=O)c1cc(CN=C=O)c(O)cc1O. The first-order valence-electron chi connectivity index (χ1n) is 4.27. The third-order valence-corrected chi connectivity index (χ3v) is 1.92. The molecule has 1 rings (SSSR count). The average Bonchev–Trinajstić information content (AvgIpc) is 2.27. The summed E-state index contributed by atoms with van der Waals surface area (Å²) in [4.78, 5) is 24.4. The average molecular weight is 223 g/mol. The third-order valence-electron chi connectivity index (χ3n) is 1.92. The highest BCUT2D eigenvalue weighted by Crippen LogP contribution is 2.28. The molecule has 6 nitrogen and oxygen atoms in total. The number of ether oxygens (including phenoxy) is 1. The van der Waals surface area contributed by atoms with Crippen molar-refractivity contribution in [2.75, 3.05) is 7.11 Å². The van der Waals surface area contributed by atoms with Gasteiger partial charge in [-0.05, 0) is 6.07 Å². The maximum absolute atomic E-state index is 11.2. The van der Waals surface area contributed by atoms with E-state index in [4.69, 9.17) is 0 Å². The lowest BCUT2D eigenvalue weighted by Crippen LogP contribution is -2.02. The number of carbonyl (C=O) groups excluding carboxylic acids is 2. The first kappa shape index (κ1) is 11.7. The zero-order chi connectivity index (χ0) is 12.1. The van der Waals surface area contributed by atoms with E-state index in [1.807, 2.05) is 0 Å². The van der Waals surface area contributed by atoms with Crippen LogP contribution in [0.5, 0.6) is 11.5 Å². The summed E-state index contributed by atoms with van der Waals surface area (Å²) in [7, 11) is 1.16. The third kappa shape index (κ3) is 2.37. The molecule has 1 aromatic rings. The quantitative estimate of drug-likeness (QED) is 0.447. The molecule has 0 heterocycles. The van der Waals surface area contributed by atoms with Gasteiger partial charge in [-0.25, -0.2) is 14.6 Å². The Labute approximate surface area is 90.8 Å². The predicted octanol–water partition coefficient (Wildman–Crippen LogP) is 0.720. The van der Waals surface area contributed by atoms with E-state index >= 15 is 0 Å². The molecule has 0 saturated carbocycles. The van der Waals surface area contributed by atoms with Crippen molar-refractivity contribution in [2.45, 2.75) is 6.54 Å². The summed E-state index contributed by atoms with van der Waals surface area (Å²) in [5.74, 6) is -1.40. The molecule has 2 N–H and O–H groups in total. The minimum atomic E-state index is -0.742.